The molecule has 0 saturated heterocycles. The molecule has 18 heavy (non-hydrogen) atoms. The molecule has 0 aliphatic carbocycles. The van der Waals surface area contributed by atoms with E-state index in [1.165, 1.54) is 5.56 Å². The van der Waals surface area contributed by atoms with Gasteiger partial charge in [0.15, 0.2) is 4.73 Å². The van der Waals surface area contributed by atoms with Crippen molar-refractivity contribution in [2.45, 2.75) is 13.0 Å². The average Bonchev–Trinajstić information content (AvgIpc) is 2.86. The minimum atomic E-state index is 0.259. The van der Waals surface area contributed by atoms with E-state index in [4.69, 9.17) is 10.5 Å². The molecule has 0 fully saturated rings. The van der Waals surface area contributed by atoms with Crippen LogP contribution in [0.5, 0.6) is 5.75 Å². The molecule has 1 aliphatic rings. The Hall–Kier alpha value is -1.08. The van der Waals surface area contributed by atoms with Gasteiger partial charge in [-0.3, -0.25) is 0 Å². The Balaban J connectivity index is 2.00. The van der Waals surface area contributed by atoms with Crippen LogP contribution in [0.15, 0.2) is 21.3 Å². The Bertz CT molecular complexity index is 611. The third kappa shape index (κ3) is 2.12. The highest BCUT2D eigenvalue weighted by molar-refractivity contribution is 9.10. The molecule has 0 spiro atoms. The minimum absolute atomic E-state index is 0.259. The molecule has 0 bridgehead atoms. The SMILES string of the molecule is Nc1nc(Br)n(Cc2cc(Br)cc3c2OCC3)n1. The number of fused-ring (bicyclic) bond motifs is 1. The Morgan fingerprint density at radius 2 is 2.22 bits per heavy atom. The zero-order chi connectivity index (χ0) is 12.7. The lowest BCUT2D eigenvalue weighted by Crippen LogP contribution is -2.04. The van der Waals surface area contributed by atoms with Crippen molar-refractivity contribution in [3.63, 3.8) is 0 Å². The van der Waals surface area contributed by atoms with E-state index in [9.17, 15) is 0 Å². The average molecular weight is 374 g/mol. The summed E-state index contributed by atoms with van der Waals surface area (Å²) in [6.45, 7) is 1.31. The highest BCUT2D eigenvalue weighted by Crippen LogP contribution is 2.33. The molecule has 1 aromatic heterocycles. The lowest BCUT2D eigenvalue weighted by molar-refractivity contribution is 0.352. The standard InChI is InChI=1S/C11H10Br2N4O/c12-8-3-6-1-2-18-9(6)7(4-8)5-17-10(13)15-11(14)16-17/h3-4H,1-2,5H2,(H2,14,16). The van der Waals surface area contributed by atoms with Crippen LogP contribution < -0.4 is 10.5 Å². The molecule has 0 radical (unpaired) electrons. The molecule has 5 nitrogen and oxygen atoms in total. The second kappa shape index (κ2) is 4.55. The Labute approximate surface area is 121 Å². The van der Waals surface area contributed by atoms with Gasteiger partial charge < -0.3 is 10.5 Å². The van der Waals surface area contributed by atoms with E-state index >= 15 is 0 Å². The van der Waals surface area contributed by atoms with Crippen molar-refractivity contribution in [1.29, 1.82) is 0 Å². The normalized spacial score (nSPS) is 13.4. The van der Waals surface area contributed by atoms with Crippen LogP contribution in [0, 0.1) is 0 Å². The van der Waals surface area contributed by atoms with Crippen LogP contribution in [-0.4, -0.2) is 21.4 Å². The molecule has 1 aromatic carbocycles. The number of rotatable bonds is 2. The first-order valence-corrected chi connectivity index (χ1v) is 7.02. The fraction of sp³-hybridized carbons (Fsp3) is 0.273. The van der Waals surface area contributed by atoms with E-state index in [-0.39, 0.29) is 5.95 Å². The lowest BCUT2D eigenvalue weighted by Gasteiger charge is -2.09. The maximum Gasteiger partial charge on any atom is 0.240 e. The summed E-state index contributed by atoms with van der Waals surface area (Å²) in [5.41, 5.74) is 7.86. The third-order valence-electron chi connectivity index (χ3n) is 2.79. The number of nitrogens with zero attached hydrogens (tertiary/aromatic N) is 3. The Morgan fingerprint density at radius 1 is 1.39 bits per heavy atom. The van der Waals surface area contributed by atoms with Crippen molar-refractivity contribution in [3.8, 4) is 5.75 Å². The second-order valence-corrected chi connectivity index (χ2v) is 5.67. The molecule has 1 aliphatic heterocycles. The van der Waals surface area contributed by atoms with Crippen LogP contribution >= 0.6 is 31.9 Å². The zero-order valence-electron chi connectivity index (χ0n) is 9.36. The van der Waals surface area contributed by atoms with Gasteiger partial charge in [-0.15, -0.1) is 5.10 Å². The van der Waals surface area contributed by atoms with Crippen LogP contribution in [0.2, 0.25) is 0 Å². The maximum absolute atomic E-state index is 5.67. The van der Waals surface area contributed by atoms with E-state index in [2.05, 4.69) is 48.0 Å². The summed E-state index contributed by atoms with van der Waals surface area (Å²) in [6, 6.07) is 4.13. The van der Waals surface area contributed by atoms with Gasteiger partial charge in [0.05, 0.1) is 13.2 Å². The van der Waals surface area contributed by atoms with E-state index < -0.39 is 0 Å². The van der Waals surface area contributed by atoms with Crippen molar-refractivity contribution in [2.75, 3.05) is 12.3 Å². The van der Waals surface area contributed by atoms with E-state index in [0.717, 1.165) is 28.8 Å². The molecular formula is C11H10Br2N4O. The van der Waals surface area contributed by atoms with Gasteiger partial charge in [-0.05, 0) is 33.6 Å². The summed E-state index contributed by atoms with van der Waals surface area (Å²) < 4.78 is 9.05. The summed E-state index contributed by atoms with van der Waals surface area (Å²) >= 11 is 6.85. The highest BCUT2D eigenvalue weighted by Gasteiger charge is 2.18. The molecule has 0 amide bonds. The first kappa shape index (κ1) is 12.0. The molecule has 0 saturated carbocycles. The van der Waals surface area contributed by atoms with Crippen molar-refractivity contribution in [2.24, 2.45) is 0 Å². The van der Waals surface area contributed by atoms with Crippen LogP contribution in [-0.2, 0) is 13.0 Å². The van der Waals surface area contributed by atoms with Gasteiger partial charge in [0.25, 0.3) is 0 Å². The number of ether oxygens (including phenoxy) is 1. The summed E-state index contributed by atoms with van der Waals surface area (Å²) in [5, 5.41) is 4.13. The number of nitrogens with two attached hydrogens (primary N) is 1. The van der Waals surface area contributed by atoms with E-state index in [1.807, 2.05) is 6.07 Å². The number of hydrogen-bond acceptors (Lipinski definition) is 4. The summed E-state index contributed by atoms with van der Waals surface area (Å²) in [4.78, 5) is 4.02. The molecular weight excluding hydrogens is 364 g/mol. The van der Waals surface area contributed by atoms with Gasteiger partial charge >= 0.3 is 0 Å². The third-order valence-corrected chi connectivity index (χ3v) is 3.83. The van der Waals surface area contributed by atoms with Gasteiger partial charge in [0.2, 0.25) is 5.95 Å². The zero-order valence-corrected chi connectivity index (χ0v) is 12.5. The number of nitrogen functional groups attached to an aromatic ring is 1. The monoisotopic (exact) mass is 372 g/mol. The van der Waals surface area contributed by atoms with Crippen molar-refractivity contribution >= 4 is 37.8 Å². The van der Waals surface area contributed by atoms with Crippen LogP contribution in [0.25, 0.3) is 0 Å². The topological polar surface area (TPSA) is 66.0 Å². The number of aromatic nitrogens is 3. The predicted molar refractivity (Wildman–Crippen MR) is 74.6 cm³/mol. The molecule has 0 atom stereocenters. The molecule has 7 heteroatoms. The van der Waals surface area contributed by atoms with Crippen LogP contribution in [0.3, 0.4) is 0 Å². The molecule has 2 heterocycles. The number of anilines is 1. The van der Waals surface area contributed by atoms with Crippen molar-refractivity contribution in [1.82, 2.24) is 14.8 Å². The molecule has 2 N–H and O–H groups in total. The first-order chi connectivity index (χ1) is 8.63. The molecule has 3 rings (SSSR count). The number of benzene rings is 1. The second-order valence-electron chi connectivity index (χ2n) is 4.05. The quantitative estimate of drug-likeness (QED) is 0.877. The fourth-order valence-electron chi connectivity index (χ4n) is 2.06. The number of halogens is 2. The largest absolute Gasteiger partial charge is 0.493 e. The van der Waals surface area contributed by atoms with Crippen molar-refractivity contribution in [3.05, 3.63) is 32.5 Å². The molecule has 0 unspecified atom stereocenters. The van der Waals surface area contributed by atoms with E-state index in [0.29, 0.717) is 11.3 Å². The molecule has 94 valence electrons. The predicted octanol–water partition coefficient (Wildman–Crippen LogP) is 2.37. The minimum Gasteiger partial charge on any atom is -0.493 e. The van der Waals surface area contributed by atoms with Gasteiger partial charge in [0.1, 0.15) is 5.75 Å². The van der Waals surface area contributed by atoms with Gasteiger partial charge in [0, 0.05) is 16.5 Å². The van der Waals surface area contributed by atoms with E-state index in [1.54, 1.807) is 4.68 Å². The van der Waals surface area contributed by atoms with Gasteiger partial charge in [-0.25, -0.2) is 4.68 Å². The highest BCUT2D eigenvalue weighted by atomic mass is 79.9. The van der Waals surface area contributed by atoms with Crippen LogP contribution in [0.1, 0.15) is 11.1 Å². The first-order valence-electron chi connectivity index (χ1n) is 5.43. The fourth-order valence-corrected chi connectivity index (χ4v) is 3.00. The Morgan fingerprint density at radius 3 is 2.94 bits per heavy atom. The smallest absolute Gasteiger partial charge is 0.240 e. The maximum atomic E-state index is 5.67. The summed E-state index contributed by atoms with van der Waals surface area (Å²) in [5.74, 6) is 1.22. The Kier molecular flexibility index (Phi) is 3.03. The molecule has 2 aromatic rings. The summed E-state index contributed by atoms with van der Waals surface area (Å²) in [6.07, 6.45) is 0.947. The number of hydrogen-bond donors (Lipinski definition) is 1. The van der Waals surface area contributed by atoms with Crippen molar-refractivity contribution < 1.29 is 4.74 Å². The van der Waals surface area contributed by atoms with Gasteiger partial charge in [-0.1, -0.05) is 15.9 Å². The summed E-state index contributed by atoms with van der Waals surface area (Å²) in [7, 11) is 0. The van der Waals surface area contributed by atoms with Crippen LogP contribution in [0.4, 0.5) is 5.95 Å². The van der Waals surface area contributed by atoms with Gasteiger partial charge in [-0.2, -0.15) is 4.98 Å². The lowest BCUT2D eigenvalue weighted by atomic mass is 10.1.